The summed E-state index contributed by atoms with van der Waals surface area (Å²) in [6.07, 6.45) is 5.27. The quantitative estimate of drug-likeness (QED) is 0.491. The number of aliphatic hydroxyl groups is 1. The summed E-state index contributed by atoms with van der Waals surface area (Å²) in [6, 6.07) is 14.9. The van der Waals surface area contributed by atoms with Crippen LogP contribution in [0.1, 0.15) is 27.8 Å². The molecule has 136 valence electrons. The van der Waals surface area contributed by atoms with Crippen LogP contribution in [0.5, 0.6) is 0 Å². The zero-order valence-corrected chi connectivity index (χ0v) is 14.5. The highest BCUT2D eigenvalue weighted by atomic mass is 16.3. The van der Waals surface area contributed by atoms with Crippen molar-refractivity contribution in [2.75, 3.05) is 6.61 Å². The molecular weight excluding hydrogens is 342 g/mol. The van der Waals surface area contributed by atoms with Crippen LogP contribution in [0.4, 0.5) is 0 Å². The monoisotopic (exact) mass is 361 g/mol. The highest BCUT2D eigenvalue weighted by Crippen LogP contribution is 2.17. The number of aliphatic hydroxyl groups excluding tert-OH is 1. The van der Waals surface area contributed by atoms with Gasteiger partial charge in [0, 0.05) is 24.1 Å². The van der Waals surface area contributed by atoms with Gasteiger partial charge in [-0.2, -0.15) is 5.10 Å². The molecule has 0 saturated carbocycles. The Bertz CT molecular complexity index is 1050. The number of aromatic amines is 1. The van der Waals surface area contributed by atoms with Crippen molar-refractivity contribution in [1.29, 1.82) is 0 Å². The maximum Gasteiger partial charge on any atom is 0.272 e. The van der Waals surface area contributed by atoms with E-state index in [0.717, 1.165) is 22.2 Å². The number of hydrogen-bond acceptors (Lipinski definition) is 4. The molecule has 0 aliphatic heterocycles. The maximum absolute atomic E-state index is 12.5. The van der Waals surface area contributed by atoms with Crippen molar-refractivity contribution in [1.82, 2.24) is 25.1 Å². The van der Waals surface area contributed by atoms with E-state index in [2.05, 4.69) is 43.3 Å². The molecule has 7 nitrogen and oxygen atoms in total. The van der Waals surface area contributed by atoms with E-state index >= 15 is 0 Å². The number of nitrogens with zero attached hydrogens (tertiary/aromatic N) is 3. The van der Waals surface area contributed by atoms with Gasteiger partial charge in [-0.1, -0.05) is 24.3 Å². The molecule has 0 radical (unpaired) electrons. The lowest BCUT2D eigenvalue weighted by Crippen LogP contribution is -2.31. The lowest BCUT2D eigenvalue weighted by molar-refractivity contribution is 0.0911. The van der Waals surface area contributed by atoms with E-state index in [-0.39, 0.29) is 18.2 Å². The van der Waals surface area contributed by atoms with Gasteiger partial charge in [-0.05, 0) is 35.2 Å². The average Bonchev–Trinajstić information content (AvgIpc) is 3.35. The Morgan fingerprint density at radius 1 is 1.22 bits per heavy atom. The largest absolute Gasteiger partial charge is 0.394 e. The topological polar surface area (TPSA) is 95.8 Å². The molecule has 0 unspecified atom stereocenters. The van der Waals surface area contributed by atoms with Gasteiger partial charge < -0.3 is 15.0 Å². The number of fused-ring (bicyclic) bond motifs is 1. The molecule has 0 bridgehead atoms. The van der Waals surface area contributed by atoms with Gasteiger partial charge in [0.05, 0.1) is 24.9 Å². The second-order valence-corrected chi connectivity index (χ2v) is 6.28. The smallest absolute Gasteiger partial charge is 0.272 e. The van der Waals surface area contributed by atoms with Gasteiger partial charge in [0.2, 0.25) is 0 Å². The Hall–Kier alpha value is -3.45. The number of rotatable bonds is 6. The lowest BCUT2D eigenvalue weighted by Gasteiger charge is -2.15. The number of benzene rings is 1. The van der Waals surface area contributed by atoms with Crippen molar-refractivity contribution in [2.24, 2.45) is 0 Å². The third kappa shape index (κ3) is 3.58. The number of hydrogen-bond donors (Lipinski definition) is 3. The number of pyridine rings is 1. The molecule has 0 aliphatic rings. The number of aromatic nitrogens is 4. The molecule has 0 aliphatic carbocycles. The van der Waals surface area contributed by atoms with E-state index in [1.165, 1.54) is 0 Å². The summed E-state index contributed by atoms with van der Waals surface area (Å²) < 4.78 is 2.09. The van der Waals surface area contributed by atoms with Crippen molar-refractivity contribution < 1.29 is 9.90 Å². The molecule has 7 heteroatoms. The van der Waals surface area contributed by atoms with E-state index in [1.807, 2.05) is 18.3 Å². The molecule has 1 atom stereocenters. The third-order valence-corrected chi connectivity index (χ3v) is 4.46. The summed E-state index contributed by atoms with van der Waals surface area (Å²) in [4.78, 5) is 16.5. The Morgan fingerprint density at radius 3 is 2.93 bits per heavy atom. The fraction of sp³-hybridized carbons (Fsp3) is 0.150. The van der Waals surface area contributed by atoms with E-state index in [9.17, 15) is 9.90 Å². The Morgan fingerprint density at radius 2 is 2.11 bits per heavy atom. The number of para-hydroxylation sites is 1. The van der Waals surface area contributed by atoms with Gasteiger partial charge in [0.25, 0.3) is 5.91 Å². The van der Waals surface area contributed by atoms with Crippen LogP contribution in [0.3, 0.4) is 0 Å². The number of amides is 1. The molecule has 1 aromatic carbocycles. The van der Waals surface area contributed by atoms with Crippen molar-refractivity contribution in [3.05, 3.63) is 84.1 Å². The van der Waals surface area contributed by atoms with Crippen LogP contribution in [0, 0.1) is 0 Å². The first-order valence-corrected chi connectivity index (χ1v) is 8.64. The van der Waals surface area contributed by atoms with Gasteiger partial charge in [-0.3, -0.25) is 14.9 Å². The van der Waals surface area contributed by atoms with Gasteiger partial charge >= 0.3 is 0 Å². The van der Waals surface area contributed by atoms with Crippen molar-refractivity contribution >= 4 is 16.8 Å². The second-order valence-electron chi connectivity index (χ2n) is 6.28. The fourth-order valence-electron chi connectivity index (χ4n) is 3.07. The summed E-state index contributed by atoms with van der Waals surface area (Å²) in [5.74, 6) is -0.349. The first-order chi connectivity index (χ1) is 13.2. The number of nitrogens with one attached hydrogen (secondary N) is 2. The molecule has 3 N–H and O–H groups in total. The summed E-state index contributed by atoms with van der Waals surface area (Å²) in [7, 11) is 0. The van der Waals surface area contributed by atoms with Crippen LogP contribution in [0.2, 0.25) is 0 Å². The molecule has 0 spiro atoms. The van der Waals surface area contributed by atoms with Gasteiger partial charge in [-0.25, -0.2) is 0 Å². The minimum Gasteiger partial charge on any atom is -0.394 e. The Labute approximate surface area is 155 Å². The SMILES string of the molecule is O=C(N[C@@H](CO)c1cccnc1)c1cc(Cn2ccc3ccccc32)[nH]n1. The normalized spacial score (nSPS) is 12.2. The zero-order chi connectivity index (χ0) is 18.6. The summed E-state index contributed by atoms with van der Waals surface area (Å²) in [6.45, 7) is 0.365. The number of H-pyrrole nitrogens is 1. The van der Waals surface area contributed by atoms with E-state index in [4.69, 9.17) is 0 Å². The van der Waals surface area contributed by atoms with Gasteiger partial charge in [0.15, 0.2) is 0 Å². The van der Waals surface area contributed by atoms with Crippen molar-refractivity contribution in [2.45, 2.75) is 12.6 Å². The van der Waals surface area contributed by atoms with Crippen LogP contribution in [-0.4, -0.2) is 37.4 Å². The van der Waals surface area contributed by atoms with Crippen LogP contribution < -0.4 is 5.32 Å². The number of carbonyl (C=O) groups excluding carboxylic acids is 1. The van der Waals surface area contributed by atoms with Crippen molar-refractivity contribution in [3.63, 3.8) is 0 Å². The summed E-state index contributed by atoms with van der Waals surface area (Å²) in [5, 5.41) is 20.5. The molecule has 3 heterocycles. The van der Waals surface area contributed by atoms with Crippen LogP contribution in [-0.2, 0) is 6.54 Å². The van der Waals surface area contributed by atoms with Gasteiger partial charge in [0.1, 0.15) is 5.69 Å². The predicted molar refractivity (Wildman–Crippen MR) is 101 cm³/mol. The molecule has 4 aromatic rings. The first kappa shape index (κ1) is 17.0. The molecule has 27 heavy (non-hydrogen) atoms. The Kier molecular flexibility index (Phi) is 4.67. The Balaban J connectivity index is 1.48. The molecular formula is C20H19N5O2. The minimum absolute atomic E-state index is 0.218. The lowest BCUT2D eigenvalue weighted by atomic mass is 10.1. The maximum atomic E-state index is 12.5. The van der Waals surface area contributed by atoms with Crippen LogP contribution >= 0.6 is 0 Å². The number of carbonyl (C=O) groups is 1. The highest BCUT2D eigenvalue weighted by Gasteiger charge is 2.17. The second kappa shape index (κ2) is 7.43. The fourth-order valence-corrected chi connectivity index (χ4v) is 3.07. The standard InChI is InChI=1S/C20H19N5O2/c26-13-18(15-5-3-8-21-11-15)22-20(27)17-10-16(23-24-17)12-25-9-7-14-4-1-2-6-19(14)25/h1-11,18,26H,12-13H2,(H,22,27)(H,23,24)/t18-/m0/s1. The molecule has 0 saturated heterocycles. The van der Waals surface area contributed by atoms with Gasteiger partial charge in [-0.15, -0.1) is 0 Å². The first-order valence-electron chi connectivity index (χ1n) is 8.64. The minimum atomic E-state index is -0.528. The molecule has 4 rings (SSSR count). The van der Waals surface area contributed by atoms with E-state index < -0.39 is 6.04 Å². The molecule has 3 aromatic heterocycles. The summed E-state index contributed by atoms with van der Waals surface area (Å²) in [5.41, 5.74) is 2.96. The van der Waals surface area contributed by atoms with E-state index in [1.54, 1.807) is 30.6 Å². The highest BCUT2D eigenvalue weighted by molar-refractivity contribution is 5.92. The molecule has 1 amide bonds. The van der Waals surface area contributed by atoms with Crippen LogP contribution in [0.25, 0.3) is 10.9 Å². The van der Waals surface area contributed by atoms with E-state index in [0.29, 0.717) is 6.54 Å². The third-order valence-electron chi connectivity index (χ3n) is 4.46. The molecule has 0 fully saturated rings. The zero-order valence-electron chi connectivity index (χ0n) is 14.5. The van der Waals surface area contributed by atoms with Crippen LogP contribution in [0.15, 0.2) is 67.1 Å². The average molecular weight is 361 g/mol. The summed E-state index contributed by atoms with van der Waals surface area (Å²) >= 11 is 0. The predicted octanol–water partition coefficient (Wildman–Crippen LogP) is 2.27. The van der Waals surface area contributed by atoms with Crippen molar-refractivity contribution in [3.8, 4) is 0 Å².